The van der Waals surface area contributed by atoms with Crippen molar-refractivity contribution in [1.29, 1.82) is 0 Å². The summed E-state index contributed by atoms with van der Waals surface area (Å²) in [5.41, 5.74) is 3.00. The van der Waals surface area contributed by atoms with E-state index in [2.05, 4.69) is 5.32 Å². The Hall–Kier alpha value is -3.32. The number of rotatable bonds is 8. The summed E-state index contributed by atoms with van der Waals surface area (Å²) in [6.45, 7) is 1.51. The highest BCUT2D eigenvalue weighted by molar-refractivity contribution is 7.92. The van der Waals surface area contributed by atoms with E-state index in [0.717, 1.165) is 21.0 Å². The Morgan fingerprint density at radius 1 is 0.833 bits per heavy atom. The molecule has 0 aliphatic carbocycles. The summed E-state index contributed by atoms with van der Waals surface area (Å²) < 4.78 is 28.3. The zero-order valence-electron chi connectivity index (χ0n) is 19.4. The fraction of sp³-hybridized carbons (Fsp3) is 0.107. The minimum absolute atomic E-state index is 0.0435. The van der Waals surface area contributed by atoms with Crippen molar-refractivity contribution in [2.45, 2.75) is 17.9 Å². The van der Waals surface area contributed by atoms with E-state index in [-0.39, 0.29) is 15.6 Å². The molecule has 0 radical (unpaired) electrons. The second-order valence-electron chi connectivity index (χ2n) is 8.24. The van der Waals surface area contributed by atoms with Crippen molar-refractivity contribution in [3.8, 4) is 0 Å². The number of sulfonamides is 1. The molecule has 0 bridgehead atoms. The number of carbonyl (C=O) groups excluding carboxylic acids is 1. The minimum Gasteiger partial charge on any atom is -0.344 e. The van der Waals surface area contributed by atoms with Gasteiger partial charge in [0.05, 0.1) is 21.6 Å². The number of hydrogen-bond donors (Lipinski definition) is 1. The number of aryl methyl sites for hydroxylation is 1. The van der Waals surface area contributed by atoms with Crippen molar-refractivity contribution in [1.82, 2.24) is 5.32 Å². The number of nitrogens with one attached hydrogen (secondary N) is 1. The number of halogens is 2. The first-order valence-corrected chi connectivity index (χ1v) is 13.4. The Labute approximate surface area is 221 Å². The third-order valence-corrected chi connectivity index (χ3v) is 7.96. The monoisotopic (exact) mass is 538 g/mol. The molecule has 8 heteroatoms. The molecule has 0 spiro atoms. The molecule has 5 nitrogen and oxygen atoms in total. The zero-order chi connectivity index (χ0) is 25.7. The number of hydrogen-bond acceptors (Lipinski definition) is 3. The molecule has 0 saturated carbocycles. The van der Waals surface area contributed by atoms with Gasteiger partial charge in [0.15, 0.2) is 0 Å². The Bertz CT molecular complexity index is 1450. The van der Waals surface area contributed by atoms with E-state index >= 15 is 0 Å². The standard InChI is InChI=1S/C28H24Cl2N2O3S/c1-20-12-14-22(15-13-20)28(21-8-4-2-5-9-21)31-27(33)19-32(26-17-16-23(29)18-25(26)30)36(34,35)24-10-6-3-7-11-24/h2-18,28H,19H2,1H3,(H,31,33)/t28-/m0/s1. The number of amides is 1. The first-order valence-electron chi connectivity index (χ1n) is 11.2. The van der Waals surface area contributed by atoms with Crippen molar-refractivity contribution in [3.05, 3.63) is 130 Å². The fourth-order valence-corrected chi connectivity index (χ4v) is 5.82. The van der Waals surface area contributed by atoms with Gasteiger partial charge in [-0.2, -0.15) is 0 Å². The topological polar surface area (TPSA) is 66.5 Å². The van der Waals surface area contributed by atoms with E-state index in [9.17, 15) is 13.2 Å². The maximum Gasteiger partial charge on any atom is 0.264 e. The SMILES string of the molecule is Cc1ccc([C@@H](NC(=O)CN(c2ccc(Cl)cc2Cl)S(=O)(=O)c2ccccc2)c2ccccc2)cc1. The molecule has 36 heavy (non-hydrogen) atoms. The van der Waals surface area contributed by atoms with Crippen LogP contribution < -0.4 is 9.62 Å². The molecule has 0 saturated heterocycles. The lowest BCUT2D eigenvalue weighted by Gasteiger charge is -2.27. The molecule has 4 aromatic rings. The van der Waals surface area contributed by atoms with E-state index < -0.39 is 28.5 Å². The van der Waals surface area contributed by atoms with Crippen molar-refractivity contribution < 1.29 is 13.2 Å². The van der Waals surface area contributed by atoms with Crippen LogP contribution in [0.3, 0.4) is 0 Å². The molecule has 0 unspecified atom stereocenters. The van der Waals surface area contributed by atoms with Gasteiger partial charge in [0, 0.05) is 5.02 Å². The van der Waals surface area contributed by atoms with E-state index in [1.165, 1.54) is 30.3 Å². The summed E-state index contributed by atoms with van der Waals surface area (Å²) in [6, 6.07) is 29.3. The van der Waals surface area contributed by atoms with Gasteiger partial charge in [0.1, 0.15) is 6.54 Å². The molecular weight excluding hydrogens is 515 g/mol. The molecule has 4 rings (SSSR count). The summed E-state index contributed by atoms with van der Waals surface area (Å²) in [4.78, 5) is 13.5. The summed E-state index contributed by atoms with van der Waals surface area (Å²) in [7, 11) is -4.11. The van der Waals surface area contributed by atoms with Crippen molar-refractivity contribution >= 4 is 44.8 Å². The van der Waals surface area contributed by atoms with Crippen LogP contribution in [-0.2, 0) is 14.8 Å². The van der Waals surface area contributed by atoms with Crippen molar-refractivity contribution in [3.63, 3.8) is 0 Å². The quantitative estimate of drug-likeness (QED) is 0.282. The minimum atomic E-state index is -4.11. The van der Waals surface area contributed by atoms with Crippen LogP contribution in [-0.4, -0.2) is 20.9 Å². The Balaban J connectivity index is 1.70. The van der Waals surface area contributed by atoms with Gasteiger partial charge in [-0.1, -0.05) is 102 Å². The van der Waals surface area contributed by atoms with E-state index in [4.69, 9.17) is 23.2 Å². The molecule has 0 heterocycles. The molecule has 0 aromatic heterocycles. The molecular formula is C28H24Cl2N2O3S. The van der Waals surface area contributed by atoms with Crippen LogP contribution in [0, 0.1) is 6.92 Å². The first kappa shape index (κ1) is 25.8. The number of carbonyl (C=O) groups is 1. The van der Waals surface area contributed by atoms with Gasteiger partial charge in [-0.25, -0.2) is 8.42 Å². The molecule has 0 aliphatic rings. The van der Waals surface area contributed by atoms with Crippen LogP contribution >= 0.6 is 23.2 Å². The third kappa shape index (κ3) is 5.90. The smallest absolute Gasteiger partial charge is 0.264 e. The van der Waals surface area contributed by atoms with Gasteiger partial charge in [-0.3, -0.25) is 9.10 Å². The van der Waals surface area contributed by atoms with Crippen molar-refractivity contribution in [2.24, 2.45) is 0 Å². The lowest BCUT2D eigenvalue weighted by atomic mass is 9.98. The number of nitrogens with zero attached hydrogens (tertiary/aromatic N) is 1. The van der Waals surface area contributed by atoms with E-state index in [0.29, 0.717) is 5.02 Å². The van der Waals surface area contributed by atoms with Crippen LogP contribution in [0.5, 0.6) is 0 Å². The molecule has 0 aliphatic heterocycles. The van der Waals surface area contributed by atoms with Gasteiger partial charge < -0.3 is 5.32 Å². The summed E-state index contributed by atoms with van der Waals surface area (Å²) in [5.74, 6) is -0.491. The highest BCUT2D eigenvalue weighted by atomic mass is 35.5. The summed E-state index contributed by atoms with van der Waals surface area (Å²) in [5, 5.41) is 3.48. The molecule has 0 fully saturated rings. The predicted octanol–water partition coefficient (Wildman–Crippen LogP) is 6.40. The Kier molecular flexibility index (Phi) is 7.99. The molecule has 1 N–H and O–H groups in total. The third-order valence-electron chi connectivity index (χ3n) is 5.65. The number of benzene rings is 4. The summed E-state index contributed by atoms with van der Waals surface area (Å²) in [6.07, 6.45) is 0. The largest absolute Gasteiger partial charge is 0.344 e. The van der Waals surface area contributed by atoms with Crippen molar-refractivity contribution in [2.75, 3.05) is 10.8 Å². The molecule has 1 amide bonds. The second kappa shape index (κ2) is 11.2. The van der Waals surface area contributed by atoms with Crippen LogP contribution in [0.2, 0.25) is 10.0 Å². The lowest BCUT2D eigenvalue weighted by Crippen LogP contribution is -2.42. The van der Waals surface area contributed by atoms with Gasteiger partial charge in [-0.15, -0.1) is 0 Å². The second-order valence-corrected chi connectivity index (χ2v) is 10.9. The van der Waals surface area contributed by atoms with Crippen LogP contribution in [0.25, 0.3) is 0 Å². The maximum atomic E-state index is 13.6. The van der Waals surface area contributed by atoms with E-state index in [1.807, 2.05) is 61.5 Å². The maximum absolute atomic E-state index is 13.6. The van der Waals surface area contributed by atoms with Gasteiger partial charge in [-0.05, 0) is 48.4 Å². The molecule has 184 valence electrons. The van der Waals surface area contributed by atoms with Gasteiger partial charge >= 0.3 is 0 Å². The van der Waals surface area contributed by atoms with Crippen LogP contribution in [0.4, 0.5) is 5.69 Å². The van der Waals surface area contributed by atoms with Gasteiger partial charge in [0.25, 0.3) is 10.0 Å². The van der Waals surface area contributed by atoms with E-state index in [1.54, 1.807) is 18.2 Å². The van der Waals surface area contributed by atoms with Crippen LogP contribution in [0.15, 0.2) is 108 Å². The zero-order valence-corrected chi connectivity index (χ0v) is 21.8. The first-order chi connectivity index (χ1) is 17.3. The highest BCUT2D eigenvalue weighted by Crippen LogP contribution is 2.33. The van der Waals surface area contributed by atoms with Gasteiger partial charge in [0.2, 0.25) is 5.91 Å². The molecule has 4 aromatic carbocycles. The molecule has 1 atom stereocenters. The average molecular weight is 539 g/mol. The summed E-state index contributed by atoms with van der Waals surface area (Å²) >= 11 is 12.4. The lowest BCUT2D eigenvalue weighted by molar-refractivity contribution is -0.120. The Morgan fingerprint density at radius 2 is 1.42 bits per heavy atom. The normalized spacial score (nSPS) is 12.1. The average Bonchev–Trinajstić information content (AvgIpc) is 2.88. The number of anilines is 1. The fourth-order valence-electron chi connectivity index (χ4n) is 3.80. The predicted molar refractivity (Wildman–Crippen MR) is 145 cm³/mol. The van der Waals surface area contributed by atoms with Crippen LogP contribution in [0.1, 0.15) is 22.7 Å². The highest BCUT2D eigenvalue weighted by Gasteiger charge is 2.30. The Morgan fingerprint density at radius 3 is 2.03 bits per heavy atom.